The van der Waals surface area contributed by atoms with Crippen molar-refractivity contribution in [1.29, 1.82) is 0 Å². The van der Waals surface area contributed by atoms with Gasteiger partial charge in [0.2, 0.25) is 0 Å². The second kappa shape index (κ2) is 5.69. The number of benzene rings is 1. The normalized spacial score (nSPS) is 22.1. The van der Waals surface area contributed by atoms with E-state index in [4.69, 9.17) is 4.98 Å². The zero-order valence-electron chi connectivity index (χ0n) is 13.9. The number of imidazole rings is 1. The van der Waals surface area contributed by atoms with Gasteiger partial charge in [0.05, 0.1) is 11.0 Å². The van der Waals surface area contributed by atoms with Crippen molar-refractivity contribution in [2.45, 2.75) is 46.6 Å². The molecule has 1 aromatic carbocycles. The second-order valence-electron chi connectivity index (χ2n) is 6.70. The van der Waals surface area contributed by atoms with Crippen LogP contribution in [0.4, 0.5) is 0 Å². The summed E-state index contributed by atoms with van der Waals surface area (Å²) in [7, 11) is 0. The number of hydrogen-bond donors (Lipinski definition) is 0. The molecule has 116 valence electrons. The molecule has 0 aliphatic heterocycles. The molecule has 2 nitrogen and oxygen atoms in total. The monoisotopic (exact) mass is 358 g/mol. The Kier molecular flexibility index (Phi) is 4.02. The van der Waals surface area contributed by atoms with E-state index in [1.165, 1.54) is 22.2 Å². The van der Waals surface area contributed by atoms with Crippen molar-refractivity contribution in [3.63, 3.8) is 0 Å². The molecule has 1 aromatic heterocycles. The second-order valence-corrected chi connectivity index (χ2v) is 7.40. The zero-order chi connectivity index (χ0) is 16.0. The Morgan fingerprint density at radius 2 is 1.95 bits per heavy atom. The predicted molar refractivity (Wildman–Crippen MR) is 97.2 cm³/mol. The van der Waals surface area contributed by atoms with Gasteiger partial charge in [-0.05, 0) is 61.2 Å². The van der Waals surface area contributed by atoms with Crippen LogP contribution in [0.1, 0.15) is 52.1 Å². The lowest BCUT2D eigenvalue weighted by molar-refractivity contribution is 0.602. The van der Waals surface area contributed by atoms with Crippen molar-refractivity contribution in [1.82, 2.24) is 9.55 Å². The molecule has 2 aromatic rings. The van der Waals surface area contributed by atoms with Gasteiger partial charge in [-0.1, -0.05) is 42.4 Å². The molecule has 1 heterocycles. The summed E-state index contributed by atoms with van der Waals surface area (Å²) in [4.78, 5) is 4.83. The van der Waals surface area contributed by atoms with Crippen LogP contribution in [0, 0.1) is 5.92 Å². The maximum atomic E-state index is 4.83. The Labute approximate surface area is 141 Å². The van der Waals surface area contributed by atoms with E-state index in [2.05, 4.69) is 85.5 Å². The molecule has 1 aliphatic carbocycles. The minimum absolute atomic E-state index is 0.386. The Bertz CT molecular complexity index is 780. The van der Waals surface area contributed by atoms with Gasteiger partial charge in [-0.25, -0.2) is 4.98 Å². The molecule has 3 rings (SSSR count). The van der Waals surface area contributed by atoms with E-state index in [1.807, 2.05) is 0 Å². The summed E-state index contributed by atoms with van der Waals surface area (Å²) < 4.78 is 3.17. The fraction of sp³-hybridized carbons (Fsp3) is 0.421. The first kappa shape index (κ1) is 15.5. The van der Waals surface area contributed by atoms with Gasteiger partial charge in [-0.2, -0.15) is 0 Å². The molecule has 0 spiro atoms. The highest BCUT2D eigenvalue weighted by molar-refractivity contribution is 9.10. The van der Waals surface area contributed by atoms with E-state index < -0.39 is 0 Å². The Morgan fingerprint density at radius 3 is 2.59 bits per heavy atom. The third kappa shape index (κ3) is 2.45. The molecule has 22 heavy (non-hydrogen) atoms. The summed E-state index contributed by atoms with van der Waals surface area (Å²) in [6, 6.07) is 6.96. The Balaban J connectivity index is 2.21. The highest BCUT2D eigenvalue weighted by atomic mass is 79.9. The van der Waals surface area contributed by atoms with Gasteiger partial charge >= 0.3 is 0 Å². The average molecular weight is 359 g/mol. The van der Waals surface area contributed by atoms with Crippen LogP contribution >= 0.6 is 15.9 Å². The lowest BCUT2D eigenvalue weighted by Gasteiger charge is -2.27. The maximum absolute atomic E-state index is 4.83. The zero-order valence-corrected chi connectivity index (χ0v) is 15.5. The van der Waals surface area contributed by atoms with Crippen LogP contribution in [0.2, 0.25) is 0 Å². The van der Waals surface area contributed by atoms with Crippen LogP contribution in [0.25, 0.3) is 11.0 Å². The van der Waals surface area contributed by atoms with Gasteiger partial charge in [-0.15, -0.1) is 0 Å². The standard InChI is InChI=1S/C19H23BrN2/c1-11(2)22-16-8-6-7-15(18(16)21-19(22)20)17-13(4)9-12(3)10-14(17)5/h6-11,13,17H,1-5H3. The summed E-state index contributed by atoms with van der Waals surface area (Å²) in [5.41, 5.74) is 6.46. The number of nitrogens with zero attached hydrogens (tertiary/aromatic N) is 2. The van der Waals surface area contributed by atoms with Gasteiger partial charge in [0.25, 0.3) is 0 Å². The third-order valence-corrected chi connectivity index (χ3v) is 5.12. The van der Waals surface area contributed by atoms with Crippen LogP contribution < -0.4 is 0 Å². The van der Waals surface area contributed by atoms with Crippen LogP contribution in [0.15, 0.2) is 46.2 Å². The molecule has 0 bridgehead atoms. The van der Waals surface area contributed by atoms with Gasteiger partial charge in [0.1, 0.15) is 0 Å². The Hall–Kier alpha value is -1.35. The highest BCUT2D eigenvalue weighted by Crippen LogP contribution is 2.40. The van der Waals surface area contributed by atoms with Crippen LogP contribution in [-0.2, 0) is 0 Å². The van der Waals surface area contributed by atoms with Gasteiger partial charge in [0.15, 0.2) is 4.73 Å². The lowest BCUT2D eigenvalue weighted by atomic mass is 9.77. The fourth-order valence-electron chi connectivity index (χ4n) is 3.80. The molecular formula is C19H23BrN2. The molecular weight excluding hydrogens is 336 g/mol. The average Bonchev–Trinajstić information content (AvgIpc) is 2.74. The van der Waals surface area contributed by atoms with Gasteiger partial charge in [-0.3, -0.25) is 0 Å². The van der Waals surface area contributed by atoms with Crippen molar-refractivity contribution in [3.05, 3.63) is 51.8 Å². The molecule has 0 N–H and O–H groups in total. The summed E-state index contributed by atoms with van der Waals surface area (Å²) in [6.07, 6.45) is 4.67. The number of halogens is 1. The van der Waals surface area contributed by atoms with E-state index in [0.717, 1.165) is 10.3 Å². The highest BCUT2D eigenvalue weighted by Gasteiger charge is 2.26. The molecule has 2 atom stereocenters. The quantitative estimate of drug-likeness (QED) is 0.642. The first-order valence-corrected chi connectivity index (χ1v) is 8.72. The molecule has 0 saturated carbocycles. The van der Waals surface area contributed by atoms with Crippen molar-refractivity contribution >= 4 is 27.0 Å². The smallest absolute Gasteiger partial charge is 0.178 e. The number of aromatic nitrogens is 2. The van der Waals surface area contributed by atoms with E-state index in [-0.39, 0.29) is 0 Å². The van der Waals surface area contributed by atoms with Crippen molar-refractivity contribution in [2.24, 2.45) is 5.92 Å². The number of rotatable bonds is 2. The molecule has 0 amide bonds. The summed E-state index contributed by atoms with van der Waals surface area (Å²) in [5.74, 6) is 0.911. The van der Waals surface area contributed by atoms with Gasteiger partial charge in [0, 0.05) is 12.0 Å². The molecule has 0 fully saturated rings. The first-order chi connectivity index (χ1) is 10.4. The molecule has 0 radical (unpaired) electrons. The third-order valence-electron chi connectivity index (χ3n) is 4.56. The number of hydrogen-bond acceptors (Lipinski definition) is 1. The molecule has 0 saturated heterocycles. The van der Waals surface area contributed by atoms with E-state index in [9.17, 15) is 0 Å². The van der Waals surface area contributed by atoms with Crippen LogP contribution in [-0.4, -0.2) is 9.55 Å². The van der Waals surface area contributed by atoms with Crippen LogP contribution in [0.5, 0.6) is 0 Å². The minimum atomic E-state index is 0.386. The first-order valence-electron chi connectivity index (χ1n) is 7.93. The van der Waals surface area contributed by atoms with Gasteiger partial charge < -0.3 is 4.57 Å². The number of allylic oxidation sites excluding steroid dienone is 4. The summed E-state index contributed by atoms with van der Waals surface area (Å²) in [6.45, 7) is 11.1. The minimum Gasteiger partial charge on any atom is -0.316 e. The van der Waals surface area contributed by atoms with Crippen LogP contribution in [0.3, 0.4) is 0 Å². The van der Waals surface area contributed by atoms with E-state index in [1.54, 1.807) is 0 Å². The largest absolute Gasteiger partial charge is 0.316 e. The number of para-hydroxylation sites is 1. The molecule has 2 unspecified atom stereocenters. The number of fused-ring (bicyclic) bond motifs is 1. The Morgan fingerprint density at radius 1 is 1.23 bits per heavy atom. The molecule has 3 heteroatoms. The SMILES string of the molecule is CC1=CC(C)C(c2cccc3c2nc(Br)n3C(C)C)C(C)=C1. The summed E-state index contributed by atoms with van der Waals surface area (Å²) >= 11 is 3.63. The lowest BCUT2D eigenvalue weighted by Crippen LogP contribution is -2.13. The van der Waals surface area contributed by atoms with E-state index >= 15 is 0 Å². The topological polar surface area (TPSA) is 17.8 Å². The van der Waals surface area contributed by atoms with E-state index in [0.29, 0.717) is 17.9 Å². The van der Waals surface area contributed by atoms with Crippen molar-refractivity contribution in [3.8, 4) is 0 Å². The molecule has 1 aliphatic rings. The van der Waals surface area contributed by atoms with Crippen molar-refractivity contribution < 1.29 is 0 Å². The predicted octanol–water partition coefficient (Wildman–Crippen LogP) is 6.01. The fourth-order valence-corrected chi connectivity index (χ4v) is 4.58. The maximum Gasteiger partial charge on any atom is 0.178 e. The summed E-state index contributed by atoms with van der Waals surface area (Å²) in [5, 5.41) is 0. The van der Waals surface area contributed by atoms with Crippen molar-refractivity contribution in [2.75, 3.05) is 0 Å².